The molecule has 0 atom stereocenters. The minimum Gasteiger partial charge on any atom is -0.296 e. The van der Waals surface area contributed by atoms with Crippen molar-refractivity contribution in [1.82, 2.24) is 19.1 Å². The van der Waals surface area contributed by atoms with Crippen molar-refractivity contribution in [3.8, 4) is 0 Å². The normalized spacial score (nSPS) is 10.7. The van der Waals surface area contributed by atoms with E-state index < -0.39 is 22.5 Å². The van der Waals surface area contributed by atoms with Crippen molar-refractivity contribution in [3.63, 3.8) is 0 Å². The topological polar surface area (TPSA) is 110 Å². The van der Waals surface area contributed by atoms with Gasteiger partial charge in [0.25, 0.3) is 11.1 Å². The largest absolute Gasteiger partial charge is 0.328 e. The molecule has 0 radical (unpaired) electrons. The lowest BCUT2D eigenvalue weighted by Gasteiger charge is -2.08. The summed E-state index contributed by atoms with van der Waals surface area (Å²) >= 11 is 0. The predicted molar refractivity (Wildman–Crippen MR) is 87.3 cm³/mol. The van der Waals surface area contributed by atoms with E-state index in [4.69, 9.17) is 0 Å². The van der Waals surface area contributed by atoms with Gasteiger partial charge in [-0.25, -0.2) is 9.59 Å². The number of aromatic amines is 2. The molecule has 2 aromatic heterocycles. The Balaban J connectivity index is 1.86. The highest BCUT2D eigenvalue weighted by Crippen LogP contribution is 2.07. The maximum atomic E-state index is 11.7. The zero-order valence-corrected chi connectivity index (χ0v) is 12.6. The molecule has 1 aromatic carbocycles. The summed E-state index contributed by atoms with van der Waals surface area (Å²) in [5.41, 5.74) is -0.155. The third-order valence-corrected chi connectivity index (χ3v) is 3.49. The Morgan fingerprint density at radius 1 is 0.708 bits per heavy atom. The first-order chi connectivity index (χ1) is 11.5. The molecule has 0 saturated heterocycles. The van der Waals surface area contributed by atoms with Gasteiger partial charge in [0.2, 0.25) is 0 Å². The second-order valence-electron chi connectivity index (χ2n) is 5.30. The number of benzene rings is 1. The van der Waals surface area contributed by atoms with Gasteiger partial charge in [0.15, 0.2) is 0 Å². The van der Waals surface area contributed by atoms with Crippen molar-refractivity contribution in [1.29, 1.82) is 0 Å². The monoisotopic (exact) mass is 326 g/mol. The quantitative estimate of drug-likeness (QED) is 0.672. The van der Waals surface area contributed by atoms with Crippen molar-refractivity contribution in [2.45, 2.75) is 13.1 Å². The van der Waals surface area contributed by atoms with E-state index in [9.17, 15) is 19.2 Å². The van der Waals surface area contributed by atoms with Gasteiger partial charge in [-0.05, 0) is 11.1 Å². The molecule has 3 rings (SSSR count). The van der Waals surface area contributed by atoms with Crippen LogP contribution >= 0.6 is 0 Å². The fourth-order valence-corrected chi connectivity index (χ4v) is 2.36. The zero-order valence-electron chi connectivity index (χ0n) is 12.6. The molecule has 8 heteroatoms. The minimum atomic E-state index is -0.482. The number of nitrogens with zero attached hydrogens (tertiary/aromatic N) is 2. The summed E-state index contributed by atoms with van der Waals surface area (Å²) in [5, 5.41) is 0. The summed E-state index contributed by atoms with van der Waals surface area (Å²) in [6.45, 7) is 0.591. The molecule has 8 nitrogen and oxygen atoms in total. The number of aromatic nitrogens is 4. The molecule has 24 heavy (non-hydrogen) atoms. The molecule has 0 unspecified atom stereocenters. The summed E-state index contributed by atoms with van der Waals surface area (Å²) in [7, 11) is 0. The van der Waals surface area contributed by atoms with Gasteiger partial charge in [0, 0.05) is 24.5 Å². The van der Waals surface area contributed by atoms with Gasteiger partial charge < -0.3 is 0 Å². The van der Waals surface area contributed by atoms with E-state index in [-0.39, 0.29) is 0 Å². The maximum absolute atomic E-state index is 11.7. The van der Waals surface area contributed by atoms with Crippen molar-refractivity contribution < 1.29 is 0 Å². The molecule has 0 saturated carbocycles. The van der Waals surface area contributed by atoms with Gasteiger partial charge in [0.05, 0.1) is 13.1 Å². The average molecular weight is 326 g/mol. The lowest BCUT2D eigenvalue weighted by Crippen LogP contribution is -2.29. The third-order valence-electron chi connectivity index (χ3n) is 3.49. The van der Waals surface area contributed by atoms with Crippen LogP contribution in [-0.2, 0) is 13.1 Å². The molecule has 0 spiro atoms. The highest BCUT2D eigenvalue weighted by Gasteiger charge is 2.02. The second-order valence-corrected chi connectivity index (χ2v) is 5.30. The van der Waals surface area contributed by atoms with Gasteiger partial charge in [-0.1, -0.05) is 24.3 Å². The first-order valence-electron chi connectivity index (χ1n) is 7.19. The van der Waals surface area contributed by atoms with Crippen molar-refractivity contribution in [2.75, 3.05) is 0 Å². The molecule has 0 aliphatic heterocycles. The first kappa shape index (κ1) is 15.5. The summed E-state index contributed by atoms with van der Waals surface area (Å²) < 4.78 is 2.76. The SMILES string of the molecule is O=c1ccn(Cc2cccc(Cn3ccc(=O)[nH]c3=O)c2)c(=O)[nH]1. The number of H-pyrrole nitrogens is 2. The summed E-state index contributed by atoms with van der Waals surface area (Å²) in [6, 6.07) is 9.93. The molecule has 0 amide bonds. The van der Waals surface area contributed by atoms with E-state index in [1.165, 1.54) is 33.7 Å². The summed E-state index contributed by atoms with van der Waals surface area (Å²) in [5.74, 6) is 0. The highest BCUT2D eigenvalue weighted by atomic mass is 16.2. The Morgan fingerprint density at radius 3 is 1.58 bits per heavy atom. The summed E-state index contributed by atoms with van der Waals surface area (Å²) in [6.07, 6.45) is 2.86. The van der Waals surface area contributed by atoms with E-state index in [1.807, 2.05) is 24.3 Å². The predicted octanol–water partition coefficient (Wildman–Crippen LogP) is -0.517. The van der Waals surface area contributed by atoms with Crippen LogP contribution in [0.25, 0.3) is 0 Å². The highest BCUT2D eigenvalue weighted by molar-refractivity contribution is 5.24. The Kier molecular flexibility index (Phi) is 4.11. The molecule has 0 fully saturated rings. The zero-order chi connectivity index (χ0) is 17.1. The minimum absolute atomic E-state index is 0.296. The molecular weight excluding hydrogens is 312 g/mol. The maximum Gasteiger partial charge on any atom is 0.328 e. The Hall–Kier alpha value is -3.42. The van der Waals surface area contributed by atoms with Gasteiger partial charge in [-0.3, -0.25) is 28.7 Å². The van der Waals surface area contributed by atoms with Crippen LogP contribution in [0, 0.1) is 0 Å². The lowest BCUT2D eigenvalue weighted by atomic mass is 10.1. The van der Waals surface area contributed by atoms with E-state index in [0.717, 1.165) is 11.1 Å². The molecular formula is C16H14N4O4. The molecule has 2 heterocycles. The van der Waals surface area contributed by atoms with Crippen LogP contribution in [0.1, 0.15) is 11.1 Å². The molecule has 0 aliphatic rings. The van der Waals surface area contributed by atoms with Crippen molar-refractivity contribution >= 4 is 0 Å². The van der Waals surface area contributed by atoms with Crippen LogP contribution in [0.3, 0.4) is 0 Å². The Labute approximate surface area is 134 Å². The smallest absolute Gasteiger partial charge is 0.296 e. The van der Waals surface area contributed by atoms with E-state index >= 15 is 0 Å². The Bertz CT molecular complexity index is 1020. The molecule has 0 aliphatic carbocycles. The summed E-state index contributed by atoms with van der Waals surface area (Å²) in [4.78, 5) is 50.0. The van der Waals surface area contributed by atoms with Crippen LogP contribution in [0.5, 0.6) is 0 Å². The second kappa shape index (κ2) is 6.37. The van der Waals surface area contributed by atoms with Crippen LogP contribution in [-0.4, -0.2) is 19.1 Å². The van der Waals surface area contributed by atoms with Crippen molar-refractivity contribution in [2.24, 2.45) is 0 Å². The molecule has 3 aromatic rings. The van der Waals surface area contributed by atoms with Gasteiger partial charge in [-0.15, -0.1) is 0 Å². The van der Waals surface area contributed by atoms with Gasteiger partial charge >= 0.3 is 11.4 Å². The molecule has 0 bridgehead atoms. The standard InChI is InChI=1S/C16H14N4O4/c21-13-4-6-19(15(23)17-13)9-11-2-1-3-12(8-11)10-20-7-5-14(22)18-16(20)24/h1-8H,9-10H2,(H,17,21,23)(H,18,22,24). The van der Waals surface area contributed by atoms with E-state index in [0.29, 0.717) is 13.1 Å². The number of hydrogen-bond acceptors (Lipinski definition) is 4. The lowest BCUT2D eigenvalue weighted by molar-refractivity contribution is 0.707. The molecule has 2 N–H and O–H groups in total. The number of rotatable bonds is 4. The van der Waals surface area contributed by atoms with E-state index in [2.05, 4.69) is 9.97 Å². The van der Waals surface area contributed by atoms with Crippen LogP contribution in [0.4, 0.5) is 0 Å². The average Bonchev–Trinajstić information content (AvgIpc) is 2.53. The van der Waals surface area contributed by atoms with Crippen LogP contribution in [0.2, 0.25) is 0 Å². The number of nitrogens with one attached hydrogen (secondary N) is 2. The first-order valence-corrected chi connectivity index (χ1v) is 7.19. The number of hydrogen-bond donors (Lipinski definition) is 2. The molecule has 122 valence electrons. The van der Waals surface area contributed by atoms with Crippen molar-refractivity contribution in [3.05, 3.63) is 102 Å². The fraction of sp³-hybridized carbons (Fsp3) is 0.125. The fourth-order valence-electron chi connectivity index (χ4n) is 2.36. The van der Waals surface area contributed by atoms with Gasteiger partial charge in [0.1, 0.15) is 0 Å². The third kappa shape index (κ3) is 3.49. The van der Waals surface area contributed by atoms with Crippen LogP contribution < -0.4 is 22.5 Å². The van der Waals surface area contributed by atoms with Gasteiger partial charge in [-0.2, -0.15) is 0 Å². The van der Waals surface area contributed by atoms with E-state index in [1.54, 1.807) is 0 Å². The Morgan fingerprint density at radius 2 is 1.17 bits per heavy atom. The van der Waals surface area contributed by atoms with Crippen LogP contribution in [0.15, 0.2) is 68.0 Å².